The lowest BCUT2D eigenvalue weighted by Crippen LogP contribution is -2.54. The number of benzene rings is 4. The van der Waals surface area contributed by atoms with Crippen LogP contribution in [0.1, 0.15) is 24.0 Å². The Hall–Kier alpha value is -5.14. The van der Waals surface area contributed by atoms with E-state index < -0.39 is 11.8 Å². The number of hydrogen-bond donors (Lipinski definition) is 1. The van der Waals surface area contributed by atoms with Gasteiger partial charge >= 0.3 is 0 Å². The Morgan fingerprint density at radius 1 is 0.805 bits per heavy atom. The third-order valence-corrected chi connectivity index (χ3v) is 7.24. The van der Waals surface area contributed by atoms with E-state index in [2.05, 4.69) is 5.32 Å². The van der Waals surface area contributed by atoms with Crippen molar-refractivity contribution in [1.29, 1.82) is 0 Å². The molecule has 6 nitrogen and oxygen atoms in total. The van der Waals surface area contributed by atoms with E-state index in [1.54, 1.807) is 30.3 Å². The average molecular weight is 556 g/mol. The van der Waals surface area contributed by atoms with Crippen molar-refractivity contribution in [3.63, 3.8) is 0 Å². The lowest BCUT2D eigenvalue weighted by Gasteiger charge is -2.29. The normalized spacial score (nSPS) is 18.0. The molecule has 0 aromatic heterocycles. The van der Waals surface area contributed by atoms with Crippen LogP contribution in [0.2, 0.25) is 0 Å². The number of rotatable bonds is 6. The average Bonchev–Trinajstić information content (AvgIpc) is 3.33. The van der Waals surface area contributed by atoms with Crippen molar-refractivity contribution in [2.45, 2.75) is 12.8 Å². The Morgan fingerprint density at radius 3 is 2.05 bits per heavy atom. The number of aliphatic imine (C=N–C) groups is 1. The van der Waals surface area contributed by atoms with Crippen molar-refractivity contribution in [1.82, 2.24) is 5.32 Å². The van der Waals surface area contributed by atoms with Gasteiger partial charge in [0.05, 0.1) is 17.3 Å². The zero-order valence-electron chi connectivity index (χ0n) is 22.2. The first-order valence-corrected chi connectivity index (χ1v) is 13.5. The summed E-state index contributed by atoms with van der Waals surface area (Å²) in [6, 6.07) is 36.4. The molecule has 1 unspecified atom stereocenters. The number of allylic oxidation sites excluding steroid dienone is 3. The highest BCUT2D eigenvalue weighted by atomic mass is 32.1. The van der Waals surface area contributed by atoms with Crippen LogP contribution < -0.4 is 15.0 Å². The highest BCUT2D eigenvalue weighted by Crippen LogP contribution is 2.41. The molecule has 200 valence electrons. The maximum Gasteiger partial charge on any atom is 0.270 e. The zero-order chi connectivity index (χ0) is 28.3. The lowest BCUT2D eigenvalue weighted by atomic mass is 9.83. The molecule has 2 amide bonds. The molecule has 41 heavy (non-hydrogen) atoms. The second-order valence-electron chi connectivity index (χ2n) is 9.61. The Kier molecular flexibility index (Phi) is 7.10. The lowest BCUT2D eigenvalue weighted by molar-refractivity contribution is -0.122. The summed E-state index contributed by atoms with van der Waals surface area (Å²) in [6.45, 7) is 1.95. The number of amides is 2. The molecule has 6 rings (SSSR count). The van der Waals surface area contributed by atoms with Gasteiger partial charge in [-0.25, -0.2) is 0 Å². The first-order chi connectivity index (χ1) is 20.0. The highest BCUT2D eigenvalue weighted by molar-refractivity contribution is 7.80. The van der Waals surface area contributed by atoms with Crippen LogP contribution in [-0.2, 0) is 9.59 Å². The van der Waals surface area contributed by atoms with E-state index in [4.69, 9.17) is 21.9 Å². The van der Waals surface area contributed by atoms with Crippen LogP contribution in [0.15, 0.2) is 138 Å². The minimum atomic E-state index is -0.555. The predicted molar refractivity (Wildman–Crippen MR) is 165 cm³/mol. The van der Waals surface area contributed by atoms with Crippen molar-refractivity contribution in [3.05, 3.63) is 144 Å². The Balaban J connectivity index is 1.33. The third kappa shape index (κ3) is 5.23. The van der Waals surface area contributed by atoms with Crippen LogP contribution in [0.3, 0.4) is 0 Å². The van der Waals surface area contributed by atoms with Crippen LogP contribution in [0.5, 0.6) is 11.5 Å². The third-order valence-electron chi connectivity index (χ3n) is 6.96. The first-order valence-electron chi connectivity index (χ1n) is 13.1. The van der Waals surface area contributed by atoms with E-state index in [0.29, 0.717) is 22.9 Å². The van der Waals surface area contributed by atoms with Gasteiger partial charge in [0.25, 0.3) is 11.8 Å². The number of hydrogen-bond acceptors (Lipinski definition) is 5. The van der Waals surface area contributed by atoms with Gasteiger partial charge in [0.15, 0.2) is 5.11 Å². The second kappa shape index (κ2) is 11.2. The van der Waals surface area contributed by atoms with Crippen molar-refractivity contribution >= 4 is 46.1 Å². The summed E-state index contributed by atoms with van der Waals surface area (Å²) >= 11 is 5.41. The maximum atomic E-state index is 13.8. The summed E-state index contributed by atoms with van der Waals surface area (Å²) in [4.78, 5) is 33.1. The van der Waals surface area contributed by atoms with Crippen molar-refractivity contribution in [3.8, 4) is 11.5 Å². The number of para-hydroxylation sites is 1. The smallest absolute Gasteiger partial charge is 0.270 e. The number of carbonyl (C=O) groups excluding carboxylic acids is 2. The largest absolute Gasteiger partial charge is 0.457 e. The van der Waals surface area contributed by atoms with Gasteiger partial charge in [0.1, 0.15) is 17.1 Å². The summed E-state index contributed by atoms with van der Waals surface area (Å²) in [5.41, 5.74) is 5.02. The standard InChI is InChI=1S/C34H25N3O3S/c1-22-30(23-11-5-2-6-12-23)31(24-13-7-3-8-14-24)29(35-22)21-28-32(38)36-34(41)37(33(28)39)25-17-19-27(20-18-25)40-26-15-9-4-10-16-26/h2-21,31H,1H3,(H,36,38,41)/b28-21-. The van der Waals surface area contributed by atoms with Crippen molar-refractivity contribution in [2.24, 2.45) is 4.99 Å². The van der Waals surface area contributed by atoms with Gasteiger partial charge in [0, 0.05) is 5.70 Å². The summed E-state index contributed by atoms with van der Waals surface area (Å²) < 4.78 is 5.87. The van der Waals surface area contributed by atoms with Crippen LogP contribution >= 0.6 is 12.2 Å². The fourth-order valence-electron chi connectivity index (χ4n) is 5.09. The van der Waals surface area contributed by atoms with Gasteiger partial charge in [0.2, 0.25) is 0 Å². The van der Waals surface area contributed by atoms with Gasteiger partial charge < -0.3 is 4.74 Å². The van der Waals surface area contributed by atoms with Gasteiger partial charge in [-0.05, 0) is 78.3 Å². The molecule has 1 fully saturated rings. The molecule has 7 heteroatoms. The predicted octanol–water partition coefficient (Wildman–Crippen LogP) is 6.82. The molecule has 4 aromatic rings. The Morgan fingerprint density at radius 2 is 1.39 bits per heavy atom. The van der Waals surface area contributed by atoms with Gasteiger partial charge in [-0.15, -0.1) is 0 Å². The number of carbonyl (C=O) groups is 2. The molecule has 0 saturated carbocycles. The van der Waals surface area contributed by atoms with E-state index in [1.165, 1.54) is 4.90 Å². The van der Waals surface area contributed by atoms with Gasteiger partial charge in [-0.1, -0.05) is 78.9 Å². The van der Waals surface area contributed by atoms with E-state index in [0.717, 1.165) is 22.4 Å². The SMILES string of the molecule is CC1=C(c2ccccc2)C(c2ccccc2)C(/C=C2/C(=O)NC(=S)N(c3ccc(Oc4ccccc4)cc3)C2=O)=N1. The second-order valence-corrected chi connectivity index (χ2v) is 10.00. The van der Waals surface area contributed by atoms with Crippen LogP contribution in [-0.4, -0.2) is 22.6 Å². The molecule has 0 spiro atoms. The minimum absolute atomic E-state index is 0.0149. The van der Waals surface area contributed by atoms with E-state index in [-0.39, 0.29) is 16.6 Å². The minimum Gasteiger partial charge on any atom is -0.457 e. The molecule has 1 saturated heterocycles. The fourth-order valence-corrected chi connectivity index (χ4v) is 5.38. The fraction of sp³-hybridized carbons (Fsp3) is 0.0588. The van der Waals surface area contributed by atoms with Gasteiger partial charge in [-0.2, -0.15) is 0 Å². The summed E-state index contributed by atoms with van der Waals surface area (Å²) in [5, 5.41) is 2.69. The van der Waals surface area contributed by atoms with Gasteiger partial charge in [-0.3, -0.25) is 24.8 Å². The van der Waals surface area contributed by atoms with Crippen LogP contribution in [0.4, 0.5) is 5.69 Å². The molecule has 4 aromatic carbocycles. The molecule has 0 radical (unpaired) electrons. The highest BCUT2D eigenvalue weighted by Gasteiger charge is 2.37. The molecule has 2 aliphatic heterocycles. The molecular weight excluding hydrogens is 530 g/mol. The Labute approximate surface area is 243 Å². The number of ether oxygens (including phenoxy) is 1. The van der Waals surface area contributed by atoms with E-state index in [1.807, 2.05) is 97.9 Å². The first kappa shape index (κ1) is 26.1. The molecule has 0 bridgehead atoms. The monoisotopic (exact) mass is 555 g/mol. The number of thiocarbonyl (C=S) groups is 1. The molecule has 1 N–H and O–H groups in total. The van der Waals surface area contributed by atoms with Crippen molar-refractivity contribution < 1.29 is 14.3 Å². The molecule has 2 heterocycles. The maximum absolute atomic E-state index is 13.8. The van der Waals surface area contributed by atoms with Crippen LogP contribution in [0, 0.1) is 0 Å². The topological polar surface area (TPSA) is 71.0 Å². The number of nitrogens with one attached hydrogen (secondary N) is 1. The molecule has 0 aliphatic carbocycles. The van der Waals surface area contributed by atoms with E-state index >= 15 is 0 Å². The molecular formula is C34H25N3O3S. The van der Waals surface area contributed by atoms with E-state index in [9.17, 15) is 9.59 Å². The Bertz CT molecular complexity index is 1730. The summed E-state index contributed by atoms with van der Waals surface area (Å²) in [6.07, 6.45) is 1.59. The van der Waals surface area contributed by atoms with Crippen molar-refractivity contribution in [2.75, 3.05) is 4.90 Å². The quantitative estimate of drug-likeness (QED) is 0.161. The summed E-state index contributed by atoms with van der Waals surface area (Å²) in [7, 11) is 0. The molecule has 1 atom stereocenters. The zero-order valence-corrected chi connectivity index (χ0v) is 23.0. The molecule has 2 aliphatic rings. The summed E-state index contributed by atoms with van der Waals surface area (Å²) in [5.74, 6) is -0.0117. The number of nitrogens with zero attached hydrogens (tertiary/aromatic N) is 2. The number of anilines is 1. The van der Waals surface area contributed by atoms with Crippen LogP contribution in [0.25, 0.3) is 5.57 Å².